The zero-order valence-corrected chi connectivity index (χ0v) is 10.8. The Morgan fingerprint density at radius 2 is 1.89 bits per heavy atom. The van der Waals surface area contributed by atoms with Gasteiger partial charge >= 0.3 is 0 Å². The second kappa shape index (κ2) is 6.05. The molecule has 94 valence electrons. The van der Waals surface area contributed by atoms with E-state index in [0.717, 1.165) is 29.4 Å². The van der Waals surface area contributed by atoms with Gasteiger partial charge in [0.15, 0.2) is 0 Å². The number of benzene rings is 1. The quantitative estimate of drug-likeness (QED) is 0.872. The maximum Gasteiger partial charge on any atom is 0.119 e. The monoisotopic (exact) mass is 242 g/mol. The summed E-state index contributed by atoms with van der Waals surface area (Å²) in [7, 11) is 0. The lowest BCUT2D eigenvalue weighted by molar-refractivity contribution is 0.340. The van der Waals surface area contributed by atoms with Gasteiger partial charge in [-0.25, -0.2) is 0 Å². The van der Waals surface area contributed by atoms with Crippen LogP contribution in [-0.2, 0) is 6.54 Å². The summed E-state index contributed by atoms with van der Waals surface area (Å²) < 4.78 is 5.40. The molecule has 0 atom stereocenters. The summed E-state index contributed by atoms with van der Waals surface area (Å²) in [6, 6.07) is 14.0. The Bertz CT molecular complexity index is 494. The number of aromatic nitrogens is 1. The average molecular weight is 242 g/mol. The Balaban J connectivity index is 1.93. The molecule has 0 saturated heterocycles. The first-order valence-electron chi connectivity index (χ1n) is 6.17. The fourth-order valence-electron chi connectivity index (χ4n) is 1.73. The Kier molecular flexibility index (Phi) is 4.18. The molecule has 0 radical (unpaired) electrons. The van der Waals surface area contributed by atoms with Gasteiger partial charge in [-0.3, -0.25) is 4.98 Å². The summed E-state index contributed by atoms with van der Waals surface area (Å²) >= 11 is 0. The van der Waals surface area contributed by atoms with E-state index in [1.54, 1.807) is 0 Å². The summed E-state index contributed by atoms with van der Waals surface area (Å²) in [5.74, 6) is 0.900. The maximum absolute atomic E-state index is 5.40. The van der Waals surface area contributed by atoms with Gasteiger partial charge in [0.2, 0.25) is 0 Å². The predicted octanol–water partition coefficient (Wildman–Crippen LogP) is 3.40. The van der Waals surface area contributed by atoms with Crippen molar-refractivity contribution in [1.29, 1.82) is 0 Å². The number of aryl methyl sites for hydroxylation is 1. The van der Waals surface area contributed by atoms with Crippen LogP contribution in [0.2, 0.25) is 0 Å². The van der Waals surface area contributed by atoms with Crippen LogP contribution in [0.3, 0.4) is 0 Å². The Hall–Kier alpha value is -2.03. The van der Waals surface area contributed by atoms with Crippen LogP contribution < -0.4 is 10.1 Å². The molecule has 0 aliphatic rings. The molecule has 2 rings (SSSR count). The summed E-state index contributed by atoms with van der Waals surface area (Å²) in [4.78, 5) is 4.45. The highest BCUT2D eigenvalue weighted by molar-refractivity contribution is 5.46. The highest BCUT2D eigenvalue weighted by Crippen LogP contribution is 2.16. The maximum atomic E-state index is 5.40. The number of anilines is 1. The molecule has 0 spiro atoms. The zero-order valence-electron chi connectivity index (χ0n) is 10.8. The van der Waals surface area contributed by atoms with Crippen LogP contribution in [0.25, 0.3) is 0 Å². The van der Waals surface area contributed by atoms with E-state index >= 15 is 0 Å². The van der Waals surface area contributed by atoms with Crippen molar-refractivity contribution in [3.05, 3.63) is 53.9 Å². The molecule has 0 amide bonds. The lowest BCUT2D eigenvalue weighted by atomic mass is 10.2. The molecule has 0 bridgehead atoms. The number of nitrogens with zero attached hydrogens (tertiary/aromatic N) is 1. The van der Waals surface area contributed by atoms with Gasteiger partial charge in [-0.05, 0) is 50.2 Å². The molecule has 1 heterocycles. The molecular weight excluding hydrogens is 224 g/mol. The van der Waals surface area contributed by atoms with Crippen molar-refractivity contribution in [2.24, 2.45) is 0 Å². The first-order valence-corrected chi connectivity index (χ1v) is 6.17. The minimum absolute atomic E-state index is 0.694. The van der Waals surface area contributed by atoms with Gasteiger partial charge in [-0.1, -0.05) is 6.07 Å². The molecule has 0 aliphatic carbocycles. The van der Waals surface area contributed by atoms with Crippen LogP contribution in [0.15, 0.2) is 42.5 Å². The third-order valence-electron chi connectivity index (χ3n) is 2.58. The Morgan fingerprint density at radius 3 is 2.56 bits per heavy atom. The number of rotatable bonds is 5. The average Bonchev–Trinajstić information content (AvgIpc) is 2.38. The van der Waals surface area contributed by atoms with Gasteiger partial charge in [0, 0.05) is 11.4 Å². The van der Waals surface area contributed by atoms with Gasteiger partial charge < -0.3 is 10.1 Å². The first kappa shape index (κ1) is 12.4. The topological polar surface area (TPSA) is 34.1 Å². The van der Waals surface area contributed by atoms with Crippen LogP contribution in [0.1, 0.15) is 18.3 Å². The highest BCUT2D eigenvalue weighted by atomic mass is 16.5. The van der Waals surface area contributed by atoms with E-state index < -0.39 is 0 Å². The molecular formula is C15H18N2O. The van der Waals surface area contributed by atoms with Gasteiger partial charge in [0.1, 0.15) is 5.75 Å². The van der Waals surface area contributed by atoms with E-state index in [1.807, 2.05) is 56.3 Å². The van der Waals surface area contributed by atoms with E-state index in [1.165, 1.54) is 0 Å². The normalized spacial score (nSPS) is 10.1. The summed E-state index contributed by atoms with van der Waals surface area (Å²) in [6.07, 6.45) is 0. The lowest BCUT2D eigenvalue weighted by Gasteiger charge is -2.08. The van der Waals surface area contributed by atoms with E-state index in [4.69, 9.17) is 4.74 Å². The molecule has 1 N–H and O–H groups in total. The van der Waals surface area contributed by atoms with E-state index in [-0.39, 0.29) is 0 Å². The van der Waals surface area contributed by atoms with Crippen LogP contribution in [0, 0.1) is 6.92 Å². The van der Waals surface area contributed by atoms with Crippen LogP contribution in [0.4, 0.5) is 5.69 Å². The summed E-state index contributed by atoms with van der Waals surface area (Å²) in [5, 5.41) is 3.34. The first-order chi connectivity index (χ1) is 8.78. The molecule has 18 heavy (non-hydrogen) atoms. The Labute approximate surface area is 108 Å². The largest absolute Gasteiger partial charge is 0.494 e. The minimum atomic E-state index is 0.694. The molecule has 3 heteroatoms. The van der Waals surface area contributed by atoms with Crippen molar-refractivity contribution in [2.75, 3.05) is 11.9 Å². The van der Waals surface area contributed by atoms with Gasteiger partial charge in [-0.15, -0.1) is 0 Å². The smallest absolute Gasteiger partial charge is 0.119 e. The second-order valence-electron chi connectivity index (χ2n) is 4.08. The summed E-state index contributed by atoms with van der Waals surface area (Å²) in [6.45, 7) is 5.41. The van der Waals surface area contributed by atoms with Crippen molar-refractivity contribution < 1.29 is 4.74 Å². The van der Waals surface area contributed by atoms with E-state index in [9.17, 15) is 0 Å². The van der Waals surface area contributed by atoms with Crippen molar-refractivity contribution >= 4 is 5.69 Å². The minimum Gasteiger partial charge on any atom is -0.494 e. The van der Waals surface area contributed by atoms with Crippen molar-refractivity contribution in [1.82, 2.24) is 4.98 Å². The van der Waals surface area contributed by atoms with Crippen LogP contribution in [0.5, 0.6) is 5.75 Å². The number of ether oxygens (including phenoxy) is 1. The van der Waals surface area contributed by atoms with Gasteiger partial charge in [0.05, 0.1) is 18.8 Å². The Morgan fingerprint density at radius 1 is 1.11 bits per heavy atom. The SMILES string of the molecule is CCOc1ccc(NCc2cccc(C)n2)cc1. The number of hydrogen-bond donors (Lipinski definition) is 1. The van der Waals surface area contributed by atoms with Gasteiger partial charge in [-0.2, -0.15) is 0 Å². The molecule has 0 aliphatic heterocycles. The lowest BCUT2D eigenvalue weighted by Crippen LogP contribution is -2.02. The number of pyridine rings is 1. The fourth-order valence-corrected chi connectivity index (χ4v) is 1.73. The summed E-state index contributed by atoms with van der Waals surface area (Å²) in [5.41, 5.74) is 3.16. The van der Waals surface area contributed by atoms with Gasteiger partial charge in [0.25, 0.3) is 0 Å². The van der Waals surface area contributed by atoms with E-state index in [2.05, 4.69) is 10.3 Å². The molecule has 3 nitrogen and oxygen atoms in total. The molecule has 0 saturated carbocycles. The van der Waals surface area contributed by atoms with E-state index in [0.29, 0.717) is 6.61 Å². The fraction of sp³-hybridized carbons (Fsp3) is 0.267. The molecule has 1 aromatic carbocycles. The van der Waals surface area contributed by atoms with Crippen LogP contribution >= 0.6 is 0 Å². The predicted molar refractivity (Wildman–Crippen MR) is 73.9 cm³/mol. The van der Waals surface area contributed by atoms with Crippen LogP contribution in [-0.4, -0.2) is 11.6 Å². The number of hydrogen-bond acceptors (Lipinski definition) is 3. The standard InChI is InChI=1S/C15H18N2O/c1-3-18-15-9-7-13(8-10-15)16-11-14-6-4-5-12(2)17-14/h4-10,16H,3,11H2,1-2H3. The third-order valence-corrected chi connectivity index (χ3v) is 2.58. The van der Waals surface area contributed by atoms with Crippen molar-refractivity contribution in [2.45, 2.75) is 20.4 Å². The zero-order chi connectivity index (χ0) is 12.8. The molecule has 2 aromatic rings. The van der Waals surface area contributed by atoms with Crippen molar-refractivity contribution in [3.63, 3.8) is 0 Å². The number of nitrogens with one attached hydrogen (secondary N) is 1. The highest BCUT2D eigenvalue weighted by Gasteiger charge is 1.97. The molecule has 0 unspecified atom stereocenters. The molecule has 0 fully saturated rings. The van der Waals surface area contributed by atoms with Crippen molar-refractivity contribution in [3.8, 4) is 5.75 Å². The third kappa shape index (κ3) is 3.48. The second-order valence-corrected chi connectivity index (χ2v) is 4.08. The molecule has 1 aromatic heterocycles.